The zero-order valence-corrected chi connectivity index (χ0v) is 14.9. The highest BCUT2D eigenvalue weighted by Gasteiger charge is 2.33. The fraction of sp³-hybridized carbons (Fsp3) is 0.333. The molecule has 26 heavy (non-hydrogen) atoms. The lowest BCUT2D eigenvalue weighted by molar-refractivity contribution is -0.139. The van der Waals surface area contributed by atoms with Crippen molar-refractivity contribution in [1.82, 2.24) is 4.90 Å². The Morgan fingerprint density at radius 3 is 2.42 bits per heavy atom. The molecule has 0 spiro atoms. The van der Waals surface area contributed by atoms with Crippen molar-refractivity contribution in [3.63, 3.8) is 0 Å². The second kappa shape index (κ2) is 7.60. The van der Waals surface area contributed by atoms with Gasteiger partial charge in [-0.25, -0.2) is 4.79 Å². The Hall–Kier alpha value is -2.82. The van der Waals surface area contributed by atoms with Gasteiger partial charge in [0.25, 0.3) is 5.91 Å². The van der Waals surface area contributed by atoms with Gasteiger partial charge in [0.05, 0.1) is 0 Å². The Labute approximate surface area is 153 Å². The standard InChI is InChI=1S/C21H23NO4/c1-21(17-7-3-2-4-8-17)10-12-22(13-11-21)20(25)16-6-5-9-18(14-16)26-15-19(23)24/h2-9,14H,10-13,15H2,1H3,(H,23,24). The SMILES string of the molecule is CC1(c2ccccc2)CCN(C(=O)c2cccc(OCC(=O)O)c2)CC1. The molecule has 1 saturated heterocycles. The Morgan fingerprint density at radius 2 is 1.77 bits per heavy atom. The monoisotopic (exact) mass is 353 g/mol. The summed E-state index contributed by atoms with van der Waals surface area (Å²) in [5.74, 6) is -0.691. The minimum Gasteiger partial charge on any atom is -0.482 e. The van der Waals surface area contributed by atoms with Crippen LogP contribution in [0.5, 0.6) is 5.75 Å². The molecule has 0 radical (unpaired) electrons. The number of carboxylic acid groups (broad SMARTS) is 1. The minimum atomic E-state index is -1.04. The molecular weight excluding hydrogens is 330 g/mol. The van der Waals surface area contributed by atoms with Gasteiger partial charge in [0.15, 0.2) is 6.61 Å². The molecule has 1 amide bonds. The summed E-state index contributed by atoms with van der Waals surface area (Å²) in [5, 5.41) is 8.70. The molecule has 136 valence electrons. The quantitative estimate of drug-likeness (QED) is 0.895. The Balaban J connectivity index is 1.65. The maximum Gasteiger partial charge on any atom is 0.341 e. The third kappa shape index (κ3) is 4.04. The van der Waals surface area contributed by atoms with E-state index in [0.717, 1.165) is 12.8 Å². The fourth-order valence-electron chi connectivity index (χ4n) is 3.38. The molecular formula is C21H23NO4. The Bertz CT molecular complexity index is 780. The minimum absolute atomic E-state index is 0.0408. The summed E-state index contributed by atoms with van der Waals surface area (Å²) in [4.78, 5) is 25.3. The molecule has 0 aromatic heterocycles. The highest BCUT2D eigenvalue weighted by Crippen LogP contribution is 2.35. The molecule has 5 nitrogen and oxygen atoms in total. The number of amides is 1. The van der Waals surface area contributed by atoms with E-state index in [0.29, 0.717) is 24.4 Å². The van der Waals surface area contributed by atoms with Gasteiger partial charge in [-0.3, -0.25) is 4.79 Å². The van der Waals surface area contributed by atoms with Gasteiger partial charge in [0, 0.05) is 18.7 Å². The molecule has 1 fully saturated rings. The van der Waals surface area contributed by atoms with E-state index in [1.807, 2.05) is 11.0 Å². The summed E-state index contributed by atoms with van der Waals surface area (Å²) >= 11 is 0. The van der Waals surface area contributed by atoms with E-state index in [2.05, 4.69) is 31.2 Å². The topological polar surface area (TPSA) is 66.8 Å². The molecule has 1 N–H and O–H groups in total. The first-order valence-electron chi connectivity index (χ1n) is 8.77. The van der Waals surface area contributed by atoms with E-state index in [9.17, 15) is 9.59 Å². The lowest BCUT2D eigenvalue weighted by Crippen LogP contribution is -2.43. The summed E-state index contributed by atoms with van der Waals surface area (Å²) in [7, 11) is 0. The number of likely N-dealkylation sites (tertiary alicyclic amines) is 1. The Morgan fingerprint density at radius 1 is 1.08 bits per heavy atom. The van der Waals surface area contributed by atoms with Crippen molar-refractivity contribution in [1.29, 1.82) is 0 Å². The predicted molar refractivity (Wildman–Crippen MR) is 98.5 cm³/mol. The van der Waals surface area contributed by atoms with Gasteiger partial charge in [-0.05, 0) is 42.0 Å². The zero-order chi connectivity index (χ0) is 18.6. The van der Waals surface area contributed by atoms with Gasteiger partial charge in [0.1, 0.15) is 5.75 Å². The summed E-state index contributed by atoms with van der Waals surface area (Å²) in [6.45, 7) is 3.23. The van der Waals surface area contributed by atoms with E-state index < -0.39 is 12.6 Å². The van der Waals surface area contributed by atoms with Crippen molar-refractivity contribution in [2.24, 2.45) is 0 Å². The van der Waals surface area contributed by atoms with Crippen LogP contribution >= 0.6 is 0 Å². The molecule has 0 unspecified atom stereocenters. The van der Waals surface area contributed by atoms with Gasteiger partial charge in [-0.2, -0.15) is 0 Å². The second-order valence-corrected chi connectivity index (χ2v) is 6.93. The van der Waals surface area contributed by atoms with E-state index in [1.165, 1.54) is 5.56 Å². The molecule has 2 aromatic carbocycles. The number of piperidine rings is 1. The highest BCUT2D eigenvalue weighted by molar-refractivity contribution is 5.94. The number of carbonyl (C=O) groups excluding carboxylic acids is 1. The van der Waals surface area contributed by atoms with Gasteiger partial charge in [-0.1, -0.05) is 43.3 Å². The van der Waals surface area contributed by atoms with Crippen molar-refractivity contribution in [3.8, 4) is 5.75 Å². The molecule has 1 heterocycles. The zero-order valence-electron chi connectivity index (χ0n) is 14.9. The number of benzene rings is 2. The van der Waals surface area contributed by atoms with Crippen LogP contribution in [0, 0.1) is 0 Å². The average molecular weight is 353 g/mol. The van der Waals surface area contributed by atoms with Crippen LogP contribution in [0.2, 0.25) is 0 Å². The number of aliphatic carboxylic acids is 1. The molecule has 2 aromatic rings. The van der Waals surface area contributed by atoms with Gasteiger partial charge < -0.3 is 14.7 Å². The van der Waals surface area contributed by atoms with Crippen molar-refractivity contribution >= 4 is 11.9 Å². The number of carboxylic acids is 1. The van der Waals surface area contributed by atoms with Crippen LogP contribution in [0.3, 0.4) is 0 Å². The number of nitrogens with zero attached hydrogens (tertiary/aromatic N) is 1. The largest absolute Gasteiger partial charge is 0.482 e. The number of ether oxygens (including phenoxy) is 1. The van der Waals surface area contributed by atoms with Gasteiger partial charge in [-0.15, -0.1) is 0 Å². The lowest BCUT2D eigenvalue weighted by Gasteiger charge is -2.40. The molecule has 5 heteroatoms. The van der Waals surface area contributed by atoms with Crippen molar-refractivity contribution in [2.45, 2.75) is 25.2 Å². The van der Waals surface area contributed by atoms with E-state index in [-0.39, 0.29) is 11.3 Å². The molecule has 0 atom stereocenters. The Kier molecular flexibility index (Phi) is 5.26. The second-order valence-electron chi connectivity index (χ2n) is 6.93. The summed E-state index contributed by atoms with van der Waals surface area (Å²) in [5.41, 5.74) is 1.93. The number of hydrogen-bond donors (Lipinski definition) is 1. The third-order valence-electron chi connectivity index (χ3n) is 5.07. The molecule has 1 aliphatic rings. The van der Waals surface area contributed by atoms with Gasteiger partial charge >= 0.3 is 5.97 Å². The van der Waals surface area contributed by atoms with Crippen molar-refractivity contribution in [3.05, 3.63) is 65.7 Å². The van der Waals surface area contributed by atoms with Crippen LogP contribution in [0.1, 0.15) is 35.7 Å². The fourth-order valence-corrected chi connectivity index (χ4v) is 3.38. The maximum absolute atomic E-state index is 12.8. The normalized spacial score (nSPS) is 16.1. The number of carbonyl (C=O) groups is 2. The lowest BCUT2D eigenvalue weighted by atomic mass is 9.74. The number of rotatable bonds is 5. The van der Waals surface area contributed by atoms with Crippen LogP contribution < -0.4 is 4.74 Å². The smallest absolute Gasteiger partial charge is 0.341 e. The summed E-state index contributed by atoms with van der Waals surface area (Å²) < 4.78 is 5.17. The molecule has 0 bridgehead atoms. The van der Waals surface area contributed by atoms with E-state index in [1.54, 1.807) is 24.3 Å². The first kappa shape index (κ1) is 18.0. The third-order valence-corrected chi connectivity index (χ3v) is 5.07. The molecule has 0 saturated carbocycles. The summed E-state index contributed by atoms with van der Waals surface area (Å²) in [6.07, 6.45) is 1.83. The van der Waals surface area contributed by atoms with Crippen molar-refractivity contribution in [2.75, 3.05) is 19.7 Å². The first-order chi connectivity index (χ1) is 12.5. The van der Waals surface area contributed by atoms with Crippen LogP contribution in [0.25, 0.3) is 0 Å². The summed E-state index contributed by atoms with van der Waals surface area (Å²) in [6, 6.07) is 17.1. The van der Waals surface area contributed by atoms with Crippen LogP contribution in [-0.4, -0.2) is 41.6 Å². The van der Waals surface area contributed by atoms with Crippen LogP contribution in [0.15, 0.2) is 54.6 Å². The van der Waals surface area contributed by atoms with E-state index in [4.69, 9.17) is 9.84 Å². The van der Waals surface area contributed by atoms with Crippen molar-refractivity contribution < 1.29 is 19.4 Å². The predicted octanol–water partition coefficient (Wildman–Crippen LogP) is 3.34. The van der Waals surface area contributed by atoms with Gasteiger partial charge in [0.2, 0.25) is 0 Å². The van der Waals surface area contributed by atoms with Crippen LogP contribution in [-0.2, 0) is 10.2 Å². The molecule has 0 aliphatic carbocycles. The first-order valence-corrected chi connectivity index (χ1v) is 8.77. The van der Waals surface area contributed by atoms with E-state index >= 15 is 0 Å². The number of hydrogen-bond acceptors (Lipinski definition) is 3. The maximum atomic E-state index is 12.8. The highest BCUT2D eigenvalue weighted by atomic mass is 16.5. The van der Waals surface area contributed by atoms with Crippen LogP contribution in [0.4, 0.5) is 0 Å². The average Bonchev–Trinajstić information content (AvgIpc) is 2.67. The molecule has 1 aliphatic heterocycles. The molecule has 3 rings (SSSR count).